The van der Waals surface area contributed by atoms with Gasteiger partial charge in [-0.2, -0.15) is 0 Å². The number of imidazole rings is 1. The van der Waals surface area contributed by atoms with Crippen molar-refractivity contribution < 1.29 is 9.90 Å². The van der Waals surface area contributed by atoms with Crippen LogP contribution in [0.5, 0.6) is 0 Å². The smallest absolute Gasteiger partial charge is 0.337 e. The van der Waals surface area contributed by atoms with Gasteiger partial charge in [0.15, 0.2) is 0 Å². The quantitative estimate of drug-likeness (QED) is 0.740. The summed E-state index contributed by atoms with van der Waals surface area (Å²) < 4.78 is 1.60. The number of nitrogens with two attached hydrogens (primary N) is 1. The second-order valence-electron chi connectivity index (χ2n) is 3.77. The van der Waals surface area contributed by atoms with Crippen LogP contribution in [0, 0.1) is 0 Å². The number of rotatable bonds is 2. The lowest BCUT2D eigenvalue weighted by molar-refractivity contribution is 0.0696. The van der Waals surface area contributed by atoms with Gasteiger partial charge in [0.2, 0.25) is 0 Å². The molecule has 3 rings (SSSR count). The van der Waals surface area contributed by atoms with Crippen molar-refractivity contribution in [3.8, 4) is 10.6 Å². The molecule has 0 saturated heterocycles. The molecular formula is C12H9N3O2S. The average molecular weight is 259 g/mol. The van der Waals surface area contributed by atoms with E-state index >= 15 is 0 Å². The monoisotopic (exact) mass is 259 g/mol. The molecule has 5 nitrogen and oxygen atoms in total. The summed E-state index contributed by atoms with van der Waals surface area (Å²) >= 11 is 1.54. The highest BCUT2D eigenvalue weighted by Crippen LogP contribution is 2.29. The fourth-order valence-electron chi connectivity index (χ4n) is 1.78. The van der Waals surface area contributed by atoms with E-state index in [0.717, 1.165) is 4.88 Å². The molecule has 0 atom stereocenters. The van der Waals surface area contributed by atoms with E-state index in [4.69, 9.17) is 10.8 Å². The van der Waals surface area contributed by atoms with E-state index in [1.54, 1.807) is 21.8 Å². The number of carboxylic acid groups (broad SMARTS) is 1. The molecule has 3 heterocycles. The third-order valence-electron chi connectivity index (χ3n) is 2.66. The van der Waals surface area contributed by atoms with Gasteiger partial charge in [-0.25, -0.2) is 9.78 Å². The molecule has 0 bridgehead atoms. The Hall–Kier alpha value is -2.34. The third-order valence-corrected chi connectivity index (χ3v) is 3.53. The summed E-state index contributed by atoms with van der Waals surface area (Å²) in [5, 5.41) is 10.9. The van der Waals surface area contributed by atoms with Crippen LogP contribution in [0.3, 0.4) is 0 Å². The first-order chi connectivity index (χ1) is 8.66. The molecular weight excluding hydrogens is 250 g/mol. The Morgan fingerprint density at radius 3 is 2.89 bits per heavy atom. The first-order valence-corrected chi connectivity index (χ1v) is 6.09. The maximum atomic E-state index is 10.9. The van der Waals surface area contributed by atoms with E-state index in [1.165, 1.54) is 12.3 Å². The predicted molar refractivity (Wildman–Crippen MR) is 69.9 cm³/mol. The molecule has 6 heteroatoms. The summed E-state index contributed by atoms with van der Waals surface area (Å²) in [4.78, 5) is 16.3. The van der Waals surface area contributed by atoms with Crippen molar-refractivity contribution in [2.75, 3.05) is 5.73 Å². The third kappa shape index (κ3) is 1.54. The molecule has 18 heavy (non-hydrogen) atoms. The van der Waals surface area contributed by atoms with Crippen LogP contribution in [0.2, 0.25) is 0 Å². The highest BCUT2D eigenvalue weighted by Gasteiger charge is 2.13. The highest BCUT2D eigenvalue weighted by molar-refractivity contribution is 7.13. The van der Waals surface area contributed by atoms with E-state index in [-0.39, 0.29) is 5.56 Å². The van der Waals surface area contributed by atoms with Gasteiger partial charge in [-0.1, -0.05) is 6.07 Å². The average Bonchev–Trinajstić information content (AvgIpc) is 2.97. The summed E-state index contributed by atoms with van der Waals surface area (Å²) in [6.45, 7) is 0. The van der Waals surface area contributed by atoms with Gasteiger partial charge in [-0.05, 0) is 23.6 Å². The zero-order chi connectivity index (χ0) is 12.7. The van der Waals surface area contributed by atoms with Crippen LogP contribution in [-0.2, 0) is 0 Å². The number of anilines is 1. The maximum Gasteiger partial charge on any atom is 0.337 e. The van der Waals surface area contributed by atoms with Gasteiger partial charge < -0.3 is 10.8 Å². The van der Waals surface area contributed by atoms with Crippen LogP contribution in [0.15, 0.2) is 35.8 Å². The first-order valence-electron chi connectivity index (χ1n) is 5.21. The predicted octanol–water partition coefficient (Wildman–Crippen LogP) is 2.34. The SMILES string of the molecule is Nc1c(-c2cccs2)nc2ccc(C(=O)O)cn12. The number of carbonyl (C=O) groups is 1. The minimum absolute atomic E-state index is 0.185. The van der Waals surface area contributed by atoms with Crippen molar-refractivity contribution in [2.45, 2.75) is 0 Å². The summed E-state index contributed by atoms with van der Waals surface area (Å²) in [7, 11) is 0. The van der Waals surface area contributed by atoms with Crippen molar-refractivity contribution >= 4 is 28.8 Å². The number of fused-ring (bicyclic) bond motifs is 1. The number of carboxylic acids is 1. The Bertz CT molecular complexity index is 731. The van der Waals surface area contributed by atoms with E-state index in [0.29, 0.717) is 17.2 Å². The highest BCUT2D eigenvalue weighted by atomic mass is 32.1. The van der Waals surface area contributed by atoms with Crippen molar-refractivity contribution in [3.05, 3.63) is 41.4 Å². The topological polar surface area (TPSA) is 80.6 Å². The van der Waals surface area contributed by atoms with Crippen molar-refractivity contribution in [3.63, 3.8) is 0 Å². The van der Waals surface area contributed by atoms with Gasteiger partial charge in [0.1, 0.15) is 17.2 Å². The standard InChI is InChI=1S/C12H9N3O2S/c13-11-10(8-2-1-5-18-8)14-9-4-3-7(12(16)17)6-15(9)11/h1-6H,13H2,(H,16,17). The van der Waals surface area contributed by atoms with Crippen LogP contribution in [-0.4, -0.2) is 20.5 Å². The fraction of sp³-hybridized carbons (Fsp3) is 0. The molecule has 0 aromatic carbocycles. The molecule has 0 aliphatic rings. The molecule has 0 fully saturated rings. The minimum Gasteiger partial charge on any atom is -0.478 e. The minimum atomic E-state index is -0.984. The van der Waals surface area contributed by atoms with Crippen molar-refractivity contribution in [1.82, 2.24) is 9.38 Å². The number of aromatic nitrogens is 2. The lowest BCUT2D eigenvalue weighted by Crippen LogP contribution is -2.00. The van der Waals surface area contributed by atoms with Crippen LogP contribution in [0.25, 0.3) is 16.2 Å². The lowest BCUT2D eigenvalue weighted by atomic mass is 10.3. The maximum absolute atomic E-state index is 10.9. The first kappa shape index (κ1) is 10.8. The van der Waals surface area contributed by atoms with E-state index in [9.17, 15) is 4.79 Å². The van der Waals surface area contributed by atoms with Gasteiger partial charge in [-0.3, -0.25) is 4.40 Å². The second-order valence-corrected chi connectivity index (χ2v) is 4.72. The molecule has 3 aromatic heterocycles. The molecule has 0 aliphatic carbocycles. The largest absolute Gasteiger partial charge is 0.478 e. The number of hydrogen-bond acceptors (Lipinski definition) is 4. The number of thiophene rings is 1. The number of nitrogens with zero attached hydrogens (tertiary/aromatic N) is 2. The zero-order valence-electron chi connectivity index (χ0n) is 9.20. The van der Waals surface area contributed by atoms with Crippen molar-refractivity contribution in [1.29, 1.82) is 0 Å². The van der Waals surface area contributed by atoms with Gasteiger partial charge in [0.05, 0.1) is 10.4 Å². The van der Waals surface area contributed by atoms with Crippen LogP contribution >= 0.6 is 11.3 Å². The second kappa shape index (κ2) is 3.85. The summed E-state index contributed by atoms with van der Waals surface area (Å²) in [6, 6.07) is 7.02. The normalized spacial score (nSPS) is 10.9. The Kier molecular flexibility index (Phi) is 2.31. The lowest BCUT2D eigenvalue weighted by Gasteiger charge is -1.98. The van der Waals surface area contributed by atoms with Gasteiger partial charge >= 0.3 is 5.97 Å². The van der Waals surface area contributed by atoms with E-state index < -0.39 is 5.97 Å². The summed E-state index contributed by atoms with van der Waals surface area (Å²) in [5.41, 5.74) is 7.53. The number of hydrogen-bond donors (Lipinski definition) is 2. The Balaban J connectivity index is 2.25. The van der Waals surface area contributed by atoms with Crippen molar-refractivity contribution in [2.24, 2.45) is 0 Å². The molecule has 0 amide bonds. The summed E-state index contributed by atoms with van der Waals surface area (Å²) in [5.74, 6) is -0.529. The van der Waals surface area contributed by atoms with Crippen LogP contribution in [0.4, 0.5) is 5.82 Å². The van der Waals surface area contributed by atoms with E-state index in [2.05, 4.69) is 4.98 Å². The number of aromatic carboxylic acids is 1. The van der Waals surface area contributed by atoms with Crippen LogP contribution < -0.4 is 5.73 Å². The number of nitrogen functional groups attached to an aromatic ring is 1. The summed E-state index contributed by atoms with van der Waals surface area (Å²) in [6.07, 6.45) is 1.48. The molecule has 0 unspecified atom stereocenters. The molecule has 0 radical (unpaired) electrons. The van der Waals surface area contributed by atoms with Crippen LogP contribution in [0.1, 0.15) is 10.4 Å². The van der Waals surface area contributed by atoms with Gasteiger partial charge in [0.25, 0.3) is 0 Å². The molecule has 3 aromatic rings. The Labute approximate surface area is 106 Å². The van der Waals surface area contributed by atoms with Gasteiger partial charge in [-0.15, -0.1) is 11.3 Å². The number of pyridine rings is 1. The Morgan fingerprint density at radius 1 is 1.39 bits per heavy atom. The van der Waals surface area contributed by atoms with Gasteiger partial charge in [0, 0.05) is 6.20 Å². The molecule has 90 valence electrons. The Morgan fingerprint density at radius 2 is 2.22 bits per heavy atom. The molecule has 0 saturated carbocycles. The van der Waals surface area contributed by atoms with E-state index in [1.807, 2.05) is 17.5 Å². The molecule has 0 aliphatic heterocycles. The molecule has 3 N–H and O–H groups in total. The zero-order valence-corrected chi connectivity index (χ0v) is 10.0. The fourth-order valence-corrected chi connectivity index (χ4v) is 2.51. The molecule has 0 spiro atoms.